The van der Waals surface area contributed by atoms with Crippen molar-refractivity contribution in [1.29, 1.82) is 0 Å². The number of ether oxygens (including phenoxy) is 1. The fourth-order valence-corrected chi connectivity index (χ4v) is 2.22. The van der Waals surface area contributed by atoms with Gasteiger partial charge in [0.1, 0.15) is 17.9 Å². The number of fused-ring (bicyclic) bond motifs is 1. The third-order valence-corrected chi connectivity index (χ3v) is 3.08. The Morgan fingerprint density at radius 3 is 2.81 bits per heavy atom. The summed E-state index contributed by atoms with van der Waals surface area (Å²) in [5.74, 6) is -0.586. The van der Waals surface area contributed by atoms with E-state index in [2.05, 4.69) is 5.32 Å². The van der Waals surface area contributed by atoms with Gasteiger partial charge in [0.25, 0.3) is 5.97 Å². The first-order chi connectivity index (χ1) is 9.99. The Kier molecular flexibility index (Phi) is 6.81. The van der Waals surface area contributed by atoms with Crippen LogP contribution in [0.3, 0.4) is 0 Å². The number of aldehydes is 1. The lowest BCUT2D eigenvalue weighted by Crippen LogP contribution is -2.18. The predicted molar refractivity (Wildman–Crippen MR) is 76.3 cm³/mol. The lowest BCUT2D eigenvalue weighted by atomic mass is 9.93. The van der Waals surface area contributed by atoms with Crippen molar-refractivity contribution < 1.29 is 23.8 Å². The second-order valence-corrected chi connectivity index (χ2v) is 4.76. The van der Waals surface area contributed by atoms with Crippen LogP contribution in [0.5, 0.6) is 5.75 Å². The van der Waals surface area contributed by atoms with Gasteiger partial charge < -0.3 is 20.0 Å². The van der Waals surface area contributed by atoms with Crippen LogP contribution in [0.15, 0.2) is 12.1 Å². The molecule has 1 aliphatic rings. The maximum atomic E-state index is 13.9. The molecule has 21 heavy (non-hydrogen) atoms. The Bertz CT molecular complexity index is 501. The number of likely N-dealkylation sites (N-methyl/N-ethyl adjacent to an activating group) is 1. The number of rotatable bonds is 5. The maximum absolute atomic E-state index is 13.9. The molecular formula is C15H20FNO4. The Hall–Kier alpha value is -1.95. The Morgan fingerprint density at radius 1 is 1.57 bits per heavy atom. The van der Waals surface area contributed by atoms with E-state index in [9.17, 15) is 9.18 Å². The first kappa shape index (κ1) is 17.1. The normalized spacial score (nSPS) is 13.5. The monoisotopic (exact) mass is 297 g/mol. The molecule has 5 nitrogen and oxygen atoms in total. The van der Waals surface area contributed by atoms with E-state index in [0.29, 0.717) is 30.9 Å². The third-order valence-electron chi connectivity index (χ3n) is 3.08. The first-order valence-electron chi connectivity index (χ1n) is 6.72. The predicted octanol–water partition coefficient (Wildman–Crippen LogP) is 1.74. The van der Waals surface area contributed by atoms with Crippen LogP contribution in [0, 0.1) is 5.82 Å². The number of aliphatic carboxylic acids is 1. The molecule has 0 amide bonds. The Labute approximate surface area is 123 Å². The minimum absolute atomic E-state index is 0.108. The van der Waals surface area contributed by atoms with Gasteiger partial charge in [0.2, 0.25) is 0 Å². The van der Waals surface area contributed by atoms with Gasteiger partial charge in [0, 0.05) is 38.3 Å². The highest BCUT2D eigenvalue weighted by Crippen LogP contribution is 2.32. The summed E-state index contributed by atoms with van der Waals surface area (Å²) in [6.45, 7) is 2.29. The average molecular weight is 297 g/mol. The van der Waals surface area contributed by atoms with Crippen LogP contribution in [-0.4, -0.2) is 37.6 Å². The molecule has 0 radical (unpaired) electrons. The van der Waals surface area contributed by atoms with Crippen molar-refractivity contribution >= 4 is 12.3 Å². The highest BCUT2D eigenvalue weighted by Gasteiger charge is 2.20. The molecular weight excluding hydrogens is 277 g/mol. The summed E-state index contributed by atoms with van der Waals surface area (Å²) in [7, 11) is 1.80. The van der Waals surface area contributed by atoms with Crippen molar-refractivity contribution in [3.8, 4) is 5.75 Å². The molecule has 6 heteroatoms. The quantitative estimate of drug-likeness (QED) is 0.810. The van der Waals surface area contributed by atoms with E-state index in [1.54, 1.807) is 7.05 Å². The Balaban J connectivity index is 0.000000491. The molecule has 1 atom stereocenters. The van der Waals surface area contributed by atoms with Crippen LogP contribution in [0.2, 0.25) is 0 Å². The summed E-state index contributed by atoms with van der Waals surface area (Å²) < 4.78 is 19.2. The molecule has 1 heterocycles. The largest absolute Gasteiger partial charge is 0.493 e. The van der Waals surface area contributed by atoms with Gasteiger partial charge in [0.05, 0.1) is 6.61 Å². The van der Waals surface area contributed by atoms with Gasteiger partial charge in [0.15, 0.2) is 0 Å². The molecule has 2 N–H and O–H groups in total. The van der Waals surface area contributed by atoms with Gasteiger partial charge in [-0.3, -0.25) is 4.79 Å². The summed E-state index contributed by atoms with van der Waals surface area (Å²) in [5.41, 5.74) is 1.64. The topological polar surface area (TPSA) is 75.6 Å². The number of halogens is 1. The SMILES string of the molecule is CC(=O)O.CNCC(CC=O)c1cc2c(cc1F)OCC2. The number of hydrogen-bond donors (Lipinski definition) is 2. The molecule has 0 saturated heterocycles. The van der Waals surface area contributed by atoms with Crippen LogP contribution < -0.4 is 10.1 Å². The number of nitrogens with one attached hydrogen (secondary N) is 1. The van der Waals surface area contributed by atoms with Crippen molar-refractivity contribution in [1.82, 2.24) is 5.32 Å². The van der Waals surface area contributed by atoms with Crippen LogP contribution in [0.4, 0.5) is 4.39 Å². The number of hydrogen-bond acceptors (Lipinski definition) is 4. The number of benzene rings is 1. The standard InChI is InChI=1S/C13H16FNO2.C2H4O2/c1-15-8-10(2-4-16)11-6-9-3-5-17-13(9)7-12(11)14;1-2(3)4/h4,6-7,10,15H,2-3,5,8H2,1H3;1H3,(H,3,4). The molecule has 1 aliphatic heterocycles. The van der Waals surface area contributed by atoms with E-state index in [0.717, 1.165) is 25.2 Å². The fourth-order valence-electron chi connectivity index (χ4n) is 2.22. The molecule has 1 aromatic rings. The number of carbonyl (C=O) groups excluding carboxylic acids is 1. The molecule has 2 rings (SSSR count). The second kappa shape index (κ2) is 8.36. The molecule has 0 bridgehead atoms. The lowest BCUT2D eigenvalue weighted by Gasteiger charge is -2.16. The summed E-state index contributed by atoms with van der Waals surface area (Å²) in [5, 5.41) is 10.4. The van der Waals surface area contributed by atoms with Gasteiger partial charge in [-0.2, -0.15) is 0 Å². The van der Waals surface area contributed by atoms with E-state index in [1.807, 2.05) is 6.07 Å². The highest BCUT2D eigenvalue weighted by atomic mass is 19.1. The molecule has 0 fully saturated rings. The van der Waals surface area contributed by atoms with Crippen molar-refractivity contribution in [2.45, 2.75) is 25.7 Å². The van der Waals surface area contributed by atoms with E-state index in [4.69, 9.17) is 14.6 Å². The first-order valence-corrected chi connectivity index (χ1v) is 6.72. The highest BCUT2D eigenvalue weighted by molar-refractivity contribution is 5.63. The van der Waals surface area contributed by atoms with Crippen molar-refractivity contribution in [2.24, 2.45) is 0 Å². The molecule has 1 unspecified atom stereocenters. The van der Waals surface area contributed by atoms with E-state index in [1.165, 1.54) is 6.07 Å². The number of carboxylic acid groups (broad SMARTS) is 1. The summed E-state index contributed by atoms with van der Waals surface area (Å²) in [6, 6.07) is 3.27. The molecule has 0 aromatic heterocycles. The van der Waals surface area contributed by atoms with E-state index in [-0.39, 0.29) is 11.7 Å². The summed E-state index contributed by atoms with van der Waals surface area (Å²) >= 11 is 0. The van der Waals surface area contributed by atoms with Crippen molar-refractivity contribution in [2.75, 3.05) is 20.2 Å². The second-order valence-electron chi connectivity index (χ2n) is 4.76. The van der Waals surface area contributed by atoms with Gasteiger partial charge in [-0.05, 0) is 24.2 Å². The van der Waals surface area contributed by atoms with Crippen LogP contribution in [0.25, 0.3) is 0 Å². The van der Waals surface area contributed by atoms with Gasteiger partial charge >= 0.3 is 0 Å². The minimum atomic E-state index is -0.833. The average Bonchev–Trinajstić information content (AvgIpc) is 2.84. The maximum Gasteiger partial charge on any atom is 0.300 e. The molecule has 0 saturated carbocycles. The zero-order valence-corrected chi connectivity index (χ0v) is 12.2. The number of carbonyl (C=O) groups is 2. The van der Waals surface area contributed by atoms with Crippen LogP contribution in [-0.2, 0) is 16.0 Å². The molecule has 1 aromatic carbocycles. The zero-order chi connectivity index (χ0) is 15.8. The smallest absolute Gasteiger partial charge is 0.300 e. The molecule has 116 valence electrons. The van der Waals surface area contributed by atoms with Gasteiger partial charge in [-0.15, -0.1) is 0 Å². The Morgan fingerprint density at radius 2 is 2.24 bits per heavy atom. The van der Waals surface area contributed by atoms with Crippen molar-refractivity contribution in [3.05, 3.63) is 29.1 Å². The molecule has 0 spiro atoms. The van der Waals surface area contributed by atoms with Crippen molar-refractivity contribution in [3.63, 3.8) is 0 Å². The lowest BCUT2D eigenvalue weighted by molar-refractivity contribution is -0.134. The number of carboxylic acids is 1. The summed E-state index contributed by atoms with van der Waals surface area (Å²) in [4.78, 5) is 19.6. The molecule has 0 aliphatic carbocycles. The third kappa shape index (κ3) is 5.15. The fraction of sp³-hybridized carbons (Fsp3) is 0.467. The van der Waals surface area contributed by atoms with E-state index < -0.39 is 5.97 Å². The van der Waals surface area contributed by atoms with Gasteiger partial charge in [-0.25, -0.2) is 4.39 Å². The zero-order valence-electron chi connectivity index (χ0n) is 12.2. The van der Waals surface area contributed by atoms with E-state index >= 15 is 0 Å². The summed E-state index contributed by atoms with van der Waals surface area (Å²) in [6.07, 6.45) is 1.98. The van der Waals surface area contributed by atoms with Gasteiger partial charge in [-0.1, -0.05) is 0 Å². The minimum Gasteiger partial charge on any atom is -0.493 e. The van der Waals surface area contributed by atoms with Crippen LogP contribution in [0.1, 0.15) is 30.4 Å². The van der Waals surface area contributed by atoms with Crippen LogP contribution >= 0.6 is 0 Å².